The molecule has 4 aromatic rings. The first-order valence-electron chi connectivity index (χ1n) is 10.5. The van der Waals surface area contributed by atoms with Crippen LogP contribution in [0.25, 0.3) is 16.9 Å². The highest BCUT2D eigenvalue weighted by atomic mass is 16.1. The molecule has 0 unspecified atom stereocenters. The summed E-state index contributed by atoms with van der Waals surface area (Å²) in [5, 5.41) is 7.76. The van der Waals surface area contributed by atoms with Crippen LogP contribution in [0.4, 0.5) is 11.5 Å². The van der Waals surface area contributed by atoms with Crippen LogP contribution in [0.5, 0.6) is 0 Å². The van der Waals surface area contributed by atoms with E-state index in [0.717, 1.165) is 53.2 Å². The highest BCUT2D eigenvalue weighted by Gasteiger charge is 2.21. The zero-order valence-electron chi connectivity index (χ0n) is 17.4. The summed E-state index contributed by atoms with van der Waals surface area (Å²) in [6.45, 7) is 3.56. The Balaban J connectivity index is 1.62. The molecule has 0 saturated carbocycles. The number of nitrogens with two attached hydrogens (primary N) is 1. The number of anilines is 2. The number of benzene rings is 2. The van der Waals surface area contributed by atoms with E-state index in [0.29, 0.717) is 18.1 Å². The molecule has 2 aromatic carbocycles. The Kier molecular flexibility index (Phi) is 4.78. The van der Waals surface area contributed by atoms with Gasteiger partial charge in [0.1, 0.15) is 0 Å². The van der Waals surface area contributed by atoms with Gasteiger partial charge in [0.2, 0.25) is 11.9 Å². The lowest BCUT2D eigenvalue weighted by molar-refractivity contribution is 0.100. The standard InChI is InChI=1S/C24H24N6O/c1-15-13-18-17(22(25)31)9-5-11-20(18)30(15)24-28-19-10-6-12-26-21(19)23(29-24)27-14-16-7-3-2-4-8-16/h2-5,7-9,11,13,26H,6,10,12,14H2,1H3,(H2,25,31)(H,27,28,29). The number of amides is 1. The van der Waals surface area contributed by atoms with Crippen LogP contribution in [0.3, 0.4) is 0 Å². The van der Waals surface area contributed by atoms with E-state index in [9.17, 15) is 4.79 Å². The molecule has 2 aromatic heterocycles. The third-order valence-electron chi connectivity index (χ3n) is 5.66. The fourth-order valence-electron chi connectivity index (χ4n) is 4.18. The van der Waals surface area contributed by atoms with Gasteiger partial charge in [-0.05, 0) is 43.5 Å². The Morgan fingerprint density at radius 1 is 1.16 bits per heavy atom. The Labute approximate surface area is 180 Å². The van der Waals surface area contributed by atoms with Crippen LogP contribution in [0.1, 0.15) is 33.7 Å². The first-order chi connectivity index (χ1) is 15.1. The molecular weight excluding hydrogens is 388 g/mol. The van der Waals surface area contributed by atoms with Crippen molar-refractivity contribution in [2.75, 3.05) is 17.2 Å². The number of nitrogens with one attached hydrogen (secondary N) is 2. The zero-order valence-corrected chi connectivity index (χ0v) is 17.4. The summed E-state index contributed by atoms with van der Waals surface area (Å²) in [5.41, 5.74) is 11.1. The van der Waals surface area contributed by atoms with Crippen molar-refractivity contribution in [3.05, 3.63) is 77.1 Å². The second-order valence-electron chi connectivity index (χ2n) is 7.79. The maximum atomic E-state index is 11.9. The normalized spacial score (nSPS) is 12.9. The number of fused-ring (bicyclic) bond motifs is 2. The van der Waals surface area contributed by atoms with Crippen LogP contribution >= 0.6 is 0 Å². The molecule has 7 heteroatoms. The molecule has 7 nitrogen and oxygen atoms in total. The van der Waals surface area contributed by atoms with E-state index < -0.39 is 5.91 Å². The number of aromatic nitrogens is 3. The Hall–Kier alpha value is -3.87. The van der Waals surface area contributed by atoms with Gasteiger partial charge < -0.3 is 16.4 Å². The summed E-state index contributed by atoms with van der Waals surface area (Å²) in [7, 11) is 0. The minimum Gasteiger partial charge on any atom is -0.381 e. The molecule has 156 valence electrons. The molecule has 0 fully saturated rings. The van der Waals surface area contributed by atoms with Crippen LogP contribution in [0.2, 0.25) is 0 Å². The fraction of sp³-hybridized carbons (Fsp3) is 0.208. The van der Waals surface area contributed by atoms with Gasteiger partial charge >= 0.3 is 0 Å². The van der Waals surface area contributed by atoms with Gasteiger partial charge in [0.25, 0.3) is 0 Å². The average Bonchev–Trinajstić information content (AvgIpc) is 3.13. The van der Waals surface area contributed by atoms with E-state index >= 15 is 0 Å². The lowest BCUT2D eigenvalue weighted by Crippen LogP contribution is -2.19. The van der Waals surface area contributed by atoms with Gasteiger partial charge in [-0.15, -0.1) is 0 Å². The number of carbonyl (C=O) groups excluding carboxylic acids is 1. The molecule has 0 saturated heterocycles. The number of rotatable bonds is 5. The van der Waals surface area contributed by atoms with E-state index in [1.165, 1.54) is 5.56 Å². The van der Waals surface area contributed by atoms with Crippen molar-refractivity contribution in [2.24, 2.45) is 5.73 Å². The van der Waals surface area contributed by atoms with Crippen LogP contribution in [0, 0.1) is 6.92 Å². The maximum absolute atomic E-state index is 11.9. The third kappa shape index (κ3) is 3.48. The van der Waals surface area contributed by atoms with Gasteiger partial charge in [0, 0.05) is 29.7 Å². The lowest BCUT2D eigenvalue weighted by Gasteiger charge is -2.22. The monoisotopic (exact) mass is 412 g/mol. The van der Waals surface area contributed by atoms with Crippen LogP contribution in [0.15, 0.2) is 54.6 Å². The summed E-state index contributed by atoms with van der Waals surface area (Å²) in [5.74, 6) is 0.937. The molecule has 3 heterocycles. The van der Waals surface area contributed by atoms with Gasteiger partial charge in [0.05, 0.1) is 16.9 Å². The highest BCUT2D eigenvalue weighted by Crippen LogP contribution is 2.31. The fourth-order valence-corrected chi connectivity index (χ4v) is 4.18. The van der Waals surface area contributed by atoms with E-state index in [2.05, 4.69) is 22.8 Å². The van der Waals surface area contributed by atoms with Gasteiger partial charge in [-0.1, -0.05) is 36.4 Å². The summed E-state index contributed by atoms with van der Waals surface area (Å²) >= 11 is 0. The zero-order chi connectivity index (χ0) is 21.4. The molecule has 0 aliphatic carbocycles. The first-order valence-corrected chi connectivity index (χ1v) is 10.5. The number of primary amides is 1. The predicted molar refractivity (Wildman–Crippen MR) is 123 cm³/mol. The van der Waals surface area contributed by atoms with E-state index in [1.54, 1.807) is 6.07 Å². The molecule has 0 radical (unpaired) electrons. The number of nitrogens with zero attached hydrogens (tertiary/aromatic N) is 3. The Morgan fingerprint density at radius 2 is 2.00 bits per heavy atom. The van der Waals surface area contributed by atoms with E-state index in [1.807, 2.05) is 47.9 Å². The Morgan fingerprint density at radius 3 is 2.81 bits per heavy atom. The summed E-state index contributed by atoms with van der Waals surface area (Å²) in [4.78, 5) is 21.7. The van der Waals surface area contributed by atoms with Crippen molar-refractivity contribution in [2.45, 2.75) is 26.3 Å². The van der Waals surface area contributed by atoms with Crippen LogP contribution < -0.4 is 16.4 Å². The summed E-state index contributed by atoms with van der Waals surface area (Å²) in [6, 6.07) is 17.8. The second kappa shape index (κ2) is 7.75. The number of aryl methyl sites for hydroxylation is 2. The highest BCUT2D eigenvalue weighted by molar-refractivity contribution is 6.06. The molecule has 1 amide bonds. The molecule has 0 bridgehead atoms. The van der Waals surface area contributed by atoms with E-state index in [4.69, 9.17) is 15.7 Å². The third-order valence-corrected chi connectivity index (χ3v) is 5.66. The molecule has 1 aliphatic rings. The molecule has 5 rings (SSSR count). The lowest BCUT2D eigenvalue weighted by atomic mass is 10.1. The number of hydrogen-bond donors (Lipinski definition) is 3. The van der Waals surface area contributed by atoms with Crippen molar-refractivity contribution in [3.8, 4) is 5.95 Å². The van der Waals surface area contributed by atoms with Crippen molar-refractivity contribution in [3.63, 3.8) is 0 Å². The van der Waals surface area contributed by atoms with Crippen LogP contribution in [-0.2, 0) is 13.0 Å². The van der Waals surface area contributed by atoms with Crippen molar-refractivity contribution >= 4 is 28.3 Å². The van der Waals surface area contributed by atoms with Gasteiger partial charge in [-0.25, -0.2) is 4.98 Å². The first kappa shape index (κ1) is 19.1. The van der Waals surface area contributed by atoms with E-state index in [-0.39, 0.29) is 0 Å². The quantitative estimate of drug-likeness (QED) is 0.463. The molecule has 1 aliphatic heterocycles. The Bertz CT molecular complexity index is 1280. The topological polar surface area (TPSA) is 97.9 Å². The van der Waals surface area contributed by atoms with Gasteiger partial charge in [-0.2, -0.15) is 4.98 Å². The molecule has 31 heavy (non-hydrogen) atoms. The number of hydrogen-bond acceptors (Lipinski definition) is 5. The minimum atomic E-state index is -0.441. The van der Waals surface area contributed by atoms with Gasteiger partial charge in [0.15, 0.2) is 5.82 Å². The minimum absolute atomic E-state index is 0.441. The molecule has 0 atom stereocenters. The smallest absolute Gasteiger partial charge is 0.249 e. The number of carbonyl (C=O) groups is 1. The molecule has 0 spiro atoms. The summed E-state index contributed by atoms with van der Waals surface area (Å²) in [6.07, 6.45) is 1.92. The van der Waals surface area contributed by atoms with Gasteiger partial charge in [-0.3, -0.25) is 9.36 Å². The summed E-state index contributed by atoms with van der Waals surface area (Å²) < 4.78 is 1.99. The predicted octanol–water partition coefficient (Wildman–Crippen LogP) is 3.80. The second-order valence-corrected chi connectivity index (χ2v) is 7.79. The van der Waals surface area contributed by atoms with Crippen molar-refractivity contribution in [1.29, 1.82) is 0 Å². The largest absolute Gasteiger partial charge is 0.381 e. The van der Waals surface area contributed by atoms with Crippen molar-refractivity contribution in [1.82, 2.24) is 14.5 Å². The SMILES string of the molecule is Cc1cc2c(C(N)=O)cccc2n1-c1nc2c(c(NCc3ccccc3)n1)NCCC2. The molecule has 4 N–H and O–H groups in total. The maximum Gasteiger partial charge on any atom is 0.249 e. The van der Waals surface area contributed by atoms with Crippen LogP contribution in [-0.4, -0.2) is 27.0 Å². The van der Waals surface area contributed by atoms with Crippen molar-refractivity contribution < 1.29 is 4.79 Å². The molecular formula is C24H24N6O. The average molecular weight is 412 g/mol.